The molecule has 0 aliphatic carbocycles. The normalized spacial score (nSPS) is 20.9. The Morgan fingerprint density at radius 3 is 2.62 bits per heavy atom. The Labute approximate surface area is 161 Å². The predicted octanol–water partition coefficient (Wildman–Crippen LogP) is 5.43. The van der Waals surface area contributed by atoms with Gasteiger partial charge in [-0.1, -0.05) is 49.6 Å². The van der Waals surface area contributed by atoms with Gasteiger partial charge in [0.1, 0.15) is 5.84 Å². The minimum absolute atomic E-state index is 0.0941. The average molecular weight is 366 g/mol. The van der Waals surface area contributed by atoms with Crippen LogP contribution < -0.4 is 10.6 Å². The molecule has 0 unspecified atom stereocenters. The molecule has 2 aliphatic heterocycles. The van der Waals surface area contributed by atoms with Gasteiger partial charge in [-0.2, -0.15) is 11.8 Å². The summed E-state index contributed by atoms with van der Waals surface area (Å²) in [6.45, 7) is 10.4. The molecule has 1 spiro atoms. The van der Waals surface area contributed by atoms with E-state index in [2.05, 4.69) is 54.1 Å². The second-order valence-corrected chi connectivity index (χ2v) is 7.76. The summed E-state index contributed by atoms with van der Waals surface area (Å²) >= 11 is 2.02. The van der Waals surface area contributed by atoms with E-state index in [0.29, 0.717) is 6.54 Å². The first-order valence-corrected chi connectivity index (χ1v) is 10.3. The fourth-order valence-corrected chi connectivity index (χ4v) is 4.71. The van der Waals surface area contributed by atoms with E-state index in [0.717, 1.165) is 47.0 Å². The third kappa shape index (κ3) is 3.80. The molecule has 1 saturated heterocycles. The van der Waals surface area contributed by atoms with Crippen LogP contribution in [-0.2, 0) is 0 Å². The highest BCUT2D eigenvalue weighted by Gasteiger charge is 2.40. The molecule has 0 bridgehead atoms. The molecule has 0 radical (unpaired) electrons. The van der Waals surface area contributed by atoms with E-state index in [9.17, 15) is 0 Å². The smallest absolute Gasteiger partial charge is 0.127 e. The number of hydrogen-bond acceptors (Lipinski definition) is 3. The number of nitrogens with zero attached hydrogens (tertiary/aromatic N) is 1. The maximum atomic E-state index is 5.02. The molecule has 2 aliphatic rings. The van der Waals surface area contributed by atoms with Crippen molar-refractivity contribution in [1.29, 1.82) is 0 Å². The monoisotopic (exact) mass is 365 g/mol. The van der Waals surface area contributed by atoms with Crippen molar-refractivity contribution in [3.05, 3.63) is 72.9 Å². The zero-order valence-corrected chi connectivity index (χ0v) is 16.2. The molecule has 26 heavy (non-hydrogen) atoms. The summed E-state index contributed by atoms with van der Waals surface area (Å²) in [5, 5.41) is 7.40. The lowest BCUT2D eigenvalue weighted by Gasteiger charge is -2.43. The molecular weight excluding hydrogens is 338 g/mol. The van der Waals surface area contributed by atoms with Gasteiger partial charge in [-0.15, -0.1) is 0 Å². The summed E-state index contributed by atoms with van der Waals surface area (Å²) in [5.74, 6) is 3.35. The van der Waals surface area contributed by atoms with Gasteiger partial charge in [0.2, 0.25) is 0 Å². The zero-order valence-electron chi connectivity index (χ0n) is 15.4. The highest BCUT2D eigenvalue weighted by atomic mass is 32.2. The van der Waals surface area contributed by atoms with Crippen LogP contribution in [-0.4, -0.2) is 29.4 Å². The number of fused-ring (bicyclic) bond motifs is 1. The number of amidine groups is 1. The van der Waals surface area contributed by atoms with Gasteiger partial charge in [0.25, 0.3) is 0 Å². The van der Waals surface area contributed by atoms with Crippen LogP contribution in [0.25, 0.3) is 0 Å². The zero-order chi connectivity index (χ0) is 18.4. The third-order valence-corrected chi connectivity index (χ3v) is 5.97. The van der Waals surface area contributed by atoms with Crippen LogP contribution in [0.3, 0.4) is 0 Å². The molecule has 0 aromatic heterocycles. The summed E-state index contributed by atoms with van der Waals surface area (Å²) in [7, 11) is 0. The maximum absolute atomic E-state index is 5.02. The van der Waals surface area contributed by atoms with Crippen molar-refractivity contribution in [2.75, 3.05) is 28.7 Å². The first-order valence-electron chi connectivity index (χ1n) is 9.10. The van der Waals surface area contributed by atoms with E-state index >= 15 is 0 Å². The van der Waals surface area contributed by atoms with Gasteiger partial charge >= 0.3 is 0 Å². The lowest BCUT2D eigenvalue weighted by Crippen LogP contribution is -2.54. The molecule has 1 fully saturated rings. The number of aliphatic imine (C=N–C) groups is 1. The summed E-state index contributed by atoms with van der Waals surface area (Å²) in [6.07, 6.45) is 9.94. The minimum atomic E-state index is -0.0941. The number of hydrogen-bond donors (Lipinski definition) is 2. The largest absolute Gasteiger partial charge is 0.371 e. The highest BCUT2D eigenvalue weighted by Crippen LogP contribution is 2.38. The van der Waals surface area contributed by atoms with Crippen molar-refractivity contribution in [2.24, 2.45) is 4.99 Å². The molecule has 2 N–H and O–H groups in total. The Bertz CT molecular complexity index is 767. The third-order valence-electron chi connectivity index (χ3n) is 4.98. The van der Waals surface area contributed by atoms with Crippen molar-refractivity contribution in [3.8, 4) is 0 Å². The molecule has 136 valence electrons. The Morgan fingerprint density at radius 2 is 1.96 bits per heavy atom. The minimum Gasteiger partial charge on any atom is -0.371 e. The van der Waals surface area contributed by atoms with E-state index in [4.69, 9.17) is 4.99 Å². The first-order chi connectivity index (χ1) is 12.7. The Balaban J connectivity index is 1.94. The fourth-order valence-electron chi connectivity index (χ4n) is 3.52. The standard InChI is InChI=1S/C22H27N3S/c1-4-9-18(17(5-2)6-3)16-23-21-22(12-14-26-15-13-22)25-20-11-8-7-10-19(20)24-21/h4-11,25H,1-2,12-16H2,3H3,(H,23,24). The molecule has 1 aromatic rings. The quantitative estimate of drug-likeness (QED) is 0.683. The highest BCUT2D eigenvalue weighted by molar-refractivity contribution is 7.99. The second kappa shape index (κ2) is 8.45. The number of para-hydroxylation sites is 2. The van der Waals surface area contributed by atoms with E-state index in [-0.39, 0.29) is 5.54 Å². The number of benzene rings is 1. The number of allylic oxidation sites excluding steroid dienone is 4. The number of nitrogens with one attached hydrogen (secondary N) is 2. The molecule has 4 heteroatoms. The SMILES string of the molecule is C=CC=C(CN=C1Nc2ccccc2NC12CCSCC2)C(C=C)=CC. The molecule has 0 saturated carbocycles. The average Bonchev–Trinajstić information content (AvgIpc) is 2.67. The van der Waals surface area contributed by atoms with Gasteiger partial charge in [0, 0.05) is 0 Å². The van der Waals surface area contributed by atoms with Gasteiger partial charge in [0.15, 0.2) is 0 Å². The molecule has 2 heterocycles. The van der Waals surface area contributed by atoms with Gasteiger partial charge in [-0.3, -0.25) is 4.99 Å². The summed E-state index contributed by atoms with van der Waals surface area (Å²) in [4.78, 5) is 5.02. The van der Waals surface area contributed by atoms with Crippen LogP contribution in [0.5, 0.6) is 0 Å². The van der Waals surface area contributed by atoms with Crippen LogP contribution in [0.1, 0.15) is 19.8 Å². The number of thioether (sulfide) groups is 1. The summed E-state index contributed by atoms with van der Waals surface area (Å²) < 4.78 is 0. The maximum Gasteiger partial charge on any atom is 0.127 e. The Morgan fingerprint density at radius 1 is 1.23 bits per heavy atom. The van der Waals surface area contributed by atoms with Crippen LogP contribution in [0, 0.1) is 0 Å². The molecular formula is C22H27N3S. The number of anilines is 2. The first kappa shape index (κ1) is 18.6. The molecule has 3 rings (SSSR count). The lowest BCUT2D eigenvalue weighted by atomic mass is 9.87. The topological polar surface area (TPSA) is 36.4 Å². The van der Waals surface area contributed by atoms with E-state index in [1.807, 2.05) is 36.9 Å². The molecule has 0 atom stereocenters. The summed E-state index contributed by atoms with van der Waals surface area (Å²) in [5.41, 5.74) is 4.40. The van der Waals surface area contributed by atoms with Gasteiger partial charge < -0.3 is 10.6 Å². The van der Waals surface area contributed by atoms with Crippen molar-refractivity contribution in [3.63, 3.8) is 0 Å². The van der Waals surface area contributed by atoms with Gasteiger partial charge in [-0.05, 0) is 54.6 Å². The molecule has 3 nitrogen and oxygen atoms in total. The van der Waals surface area contributed by atoms with Gasteiger partial charge in [-0.25, -0.2) is 0 Å². The fraction of sp³-hybridized carbons (Fsp3) is 0.318. The van der Waals surface area contributed by atoms with Crippen molar-refractivity contribution >= 4 is 29.0 Å². The Hall–Kier alpha value is -2.20. The van der Waals surface area contributed by atoms with E-state index < -0.39 is 0 Å². The van der Waals surface area contributed by atoms with Crippen molar-refractivity contribution < 1.29 is 0 Å². The van der Waals surface area contributed by atoms with E-state index in [1.54, 1.807) is 0 Å². The second-order valence-electron chi connectivity index (χ2n) is 6.53. The van der Waals surface area contributed by atoms with Crippen LogP contribution in [0.4, 0.5) is 11.4 Å². The van der Waals surface area contributed by atoms with Gasteiger partial charge in [0.05, 0.1) is 23.5 Å². The van der Waals surface area contributed by atoms with Crippen LogP contribution in [0.2, 0.25) is 0 Å². The van der Waals surface area contributed by atoms with Crippen molar-refractivity contribution in [1.82, 2.24) is 0 Å². The molecule has 0 amide bonds. The van der Waals surface area contributed by atoms with Crippen molar-refractivity contribution in [2.45, 2.75) is 25.3 Å². The van der Waals surface area contributed by atoms with Crippen LogP contribution in [0.15, 0.2) is 77.9 Å². The summed E-state index contributed by atoms with van der Waals surface area (Å²) in [6, 6.07) is 8.37. The van der Waals surface area contributed by atoms with Crippen LogP contribution >= 0.6 is 11.8 Å². The number of rotatable bonds is 5. The predicted molar refractivity (Wildman–Crippen MR) is 118 cm³/mol. The lowest BCUT2D eigenvalue weighted by molar-refractivity contribution is 0.560. The van der Waals surface area contributed by atoms with E-state index in [1.165, 1.54) is 5.69 Å². The Kier molecular flexibility index (Phi) is 6.04. The molecule has 1 aromatic carbocycles.